The summed E-state index contributed by atoms with van der Waals surface area (Å²) in [5.74, 6) is -0.568. The molecule has 10 atom stereocenters. The van der Waals surface area contributed by atoms with E-state index in [-0.39, 0.29) is 46.2 Å². The summed E-state index contributed by atoms with van der Waals surface area (Å²) in [7, 11) is 0. The number of esters is 1. The lowest BCUT2D eigenvalue weighted by atomic mass is 9.97. The Morgan fingerprint density at radius 1 is 0.500 bits per heavy atom. The van der Waals surface area contributed by atoms with Crippen LogP contribution in [0.3, 0.4) is 0 Å². The van der Waals surface area contributed by atoms with Gasteiger partial charge in [-0.2, -0.15) is 0 Å². The second-order valence-electron chi connectivity index (χ2n) is 15.6. The maximum Gasteiger partial charge on any atom is 0.303 e. The van der Waals surface area contributed by atoms with E-state index < -0.39 is 67.4 Å². The smallest absolute Gasteiger partial charge is 0.303 e. The molecule has 0 bridgehead atoms. The highest BCUT2D eigenvalue weighted by Crippen LogP contribution is 2.34. The molecule has 338 valence electrons. The molecule has 2 fully saturated rings. The van der Waals surface area contributed by atoms with Crippen LogP contribution in [-0.2, 0) is 85.2 Å². The van der Waals surface area contributed by atoms with Crippen molar-refractivity contribution in [3.8, 4) is 0 Å². The quantitative estimate of drug-likeness (QED) is 0.0516. The zero-order chi connectivity index (χ0) is 44.4. The number of hydrogen-bond acceptors (Lipinski definition) is 12. The van der Waals surface area contributed by atoms with Gasteiger partial charge in [0.1, 0.15) is 42.7 Å². The van der Waals surface area contributed by atoms with Gasteiger partial charge >= 0.3 is 5.97 Å². The van der Waals surface area contributed by atoms with Crippen LogP contribution in [0.1, 0.15) is 34.7 Å². The van der Waals surface area contributed by atoms with Gasteiger partial charge in [-0.25, -0.2) is 0 Å². The Labute approximate surface area is 375 Å². The number of ether oxygens (including phenoxy) is 10. The van der Waals surface area contributed by atoms with Crippen molar-refractivity contribution in [2.75, 3.05) is 19.8 Å². The summed E-state index contributed by atoms with van der Waals surface area (Å²) >= 11 is 0. The summed E-state index contributed by atoms with van der Waals surface area (Å²) in [5, 5.41) is 11.6. The van der Waals surface area contributed by atoms with Crippen LogP contribution >= 0.6 is 0 Å². The largest absolute Gasteiger partial charge is 0.454 e. The molecule has 12 heteroatoms. The Bertz CT molecular complexity index is 2080. The summed E-state index contributed by atoms with van der Waals surface area (Å²) in [5.41, 5.74) is 4.67. The third kappa shape index (κ3) is 13.7. The lowest BCUT2D eigenvalue weighted by Gasteiger charge is -2.47. The van der Waals surface area contributed by atoms with Gasteiger partial charge in [0.05, 0.1) is 52.9 Å². The van der Waals surface area contributed by atoms with Gasteiger partial charge in [-0.1, -0.05) is 158 Å². The van der Waals surface area contributed by atoms with Crippen LogP contribution in [0.5, 0.6) is 0 Å². The summed E-state index contributed by atoms with van der Waals surface area (Å²) in [6.45, 7) is 6.29. The Morgan fingerprint density at radius 2 is 0.891 bits per heavy atom. The van der Waals surface area contributed by atoms with Crippen LogP contribution in [0.4, 0.5) is 0 Å². The van der Waals surface area contributed by atoms with Crippen molar-refractivity contribution in [1.82, 2.24) is 0 Å². The Hall–Kier alpha value is -5.09. The minimum absolute atomic E-state index is 0.0887. The second kappa shape index (κ2) is 24.8. The van der Waals surface area contributed by atoms with Gasteiger partial charge in [0, 0.05) is 6.92 Å². The van der Waals surface area contributed by atoms with Crippen molar-refractivity contribution >= 4 is 5.97 Å². The van der Waals surface area contributed by atoms with Crippen molar-refractivity contribution in [3.63, 3.8) is 0 Å². The van der Waals surface area contributed by atoms with Gasteiger partial charge in [-0.3, -0.25) is 4.79 Å². The number of benzene rings is 5. The maximum atomic E-state index is 13.0. The first-order chi connectivity index (χ1) is 31.4. The Kier molecular flexibility index (Phi) is 18.2. The van der Waals surface area contributed by atoms with Crippen LogP contribution in [-0.4, -0.2) is 92.3 Å². The fraction of sp³-hybridized carbons (Fsp3) is 0.365. The minimum atomic E-state index is -1.43. The molecule has 2 aliphatic rings. The standard InChI is InChI=1S/C52H58O12/c1-3-29-56-49-47(59-33-41-25-15-7-16-26-41)46(58-32-40-23-13-6-14-24-40)44(63-51(49)54)36-61-52-50(62-37(2)53)48(60-34-42-27-17-8-18-28-42)45(57-31-39-21-11-5-12-22-39)43(64-52)35-55-30-38-19-9-4-10-20-38/h3-28,43-52,54H,1,29-36H2,2H3/t43-,44-,45-,46-,47+,48+,49+,50+,51+,52+/m1/s1. The highest BCUT2D eigenvalue weighted by molar-refractivity contribution is 5.66. The minimum Gasteiger partial charge on any atom is -0.454 e. The molecule has 2 heterocycles. The number of aliphatic hydroxyl groups is 1. The van der Waals surface area contributed by atoms with Gasteiger partial charge in [-0.15, -0.1) is 6.58 Å². The molecule has 1 N–H and O–H groups in total. The van der Waals surface area contributed by atoms with Crippen LogP contribution in [0.15, 0.2) is 164 Å². The molecule has 0 unspecified atom stereocenters. The van der Waals surface area contributed by atoms with E-state index in [9.17, 15) is 9.90 Å². The van der Waals surface area contributed by atoms with Crippen LogP contribution < -0.4 is 0 Å². The van der Waals surface area contributed by atoms with Crippen molar-refractivity contribution < 1.29 is 57.3 Å². The molecule has 0 saturated carbocycles. The summed E-state index contributed by atoms with van der Waals surface area (Å²) in [6.07, 6.45) is -8.10. The van der Waals surface area contributed by atoms with Crippen molar-refractivity contribution in [3.05, 3.63) is 192 Å². The summed E-state index contributed by atoms with van der Waals surface area (Å²) in [4.78, 5) is 13.0. The zero-order valence-electron chi connectivity index (χ0n) is 36.1. The zero-order valence-corrected chi connectivity index (χ0v) is 36.1. The van der Waals surface area contributed by atoms with Crippen LogP contribution in [0.2, 0.25) is 0 Å². The van der Waals surface area contributed by atoms with E-state index in [0.717, 1.165) is 27.8 Å². The van der Waals surface area contributed by atoms with E-state index in [1.807, 2.05) is 152 Å². The van der Waals surface area contributed by atoms with Gasteiger partial charge in [0.15, 0.2) is 18.7 Å². The highest BCUT2D eigenvalue weighted by atomic mass is 16.7. The number of carbonyl (C=O) groups is 1. The molecule has 5 aromatic carbocycles. The summed E-state index contributed by atoms with van der Waals surface area (Å²) < 4.78 is 64.8. The average molecular weight is 875 g/mol. The van der Waals surface area contributed by atoms with Gasteiger partial charge in [0.2, 0.25) is 0 Å². The molecule has 2 saturated heterocycles. The summed E-state index contributed by atoms with van der Waals surface area (Å²) in [6, 6.07) is 48.7. The molecule has 12 nitrogen and oxygen atoms in total. The van der Waals surface area contributed by atoms with E-state index >= 15 is 0 Å². The number of hydrogen-bond donors (Lipinski definition) is 1. The van der Waals surface area contributed by atoms with E-state index in [1.54, 1.807) is 6.08 Å². The van der Waals surface area contributed by atoms with Gasteiger partial charge in [0.25, 0.3) is 0 Å². The Balaban J connectivity index is 1.19. The molecule has 0 aromatic heterocycles. The van der Waals surface area contributed by atoms with Crippen molar-refractivity contribution in [2.24, 2.45) is 0 Å². The monoisotopic (exact) mass is 874 g/mol. The molecule has 0 radical (unpaired) electrons. The van der Waals surface area contributed by atoms with Gasteiger partial charge in [-0.05, 0) is 27.8 Å². The maximum absolute atomic E-state index is 13.0. The third-order valence-corrected chi connectivity index (χ3v) is 10.9. The van der Waals surface area contributed by atoms with Gasteiger partial charge < -0.3 is 52.5 Å². The molecular weight excluding hydrogens is 817 g/mol. The van der Waals surface area contributed by atoms with E-state index in [0.29, 0.717) is 6.61 Å². The lowest BCUT2D eigenvalue weighted by Crippen LogP contribution is -2.64. The predicted octanol–water partition coefficient (Wildman–Crippen LogP) is 7.51. The molecule has 0 spiro atoms. The highest BCUT2D eigenvalue weighted by Gasteiger charge is 2.52. The molecule has 7 rings (SSSR count). The molecular formula is C52H58O12. The molecule has 0 amide bonds. The molecule has 64 heavy (non-hydrogen) atoms. The number of aliphatic hydroxyl groups excluding tert-OH is 1. The fourth-order valence-corrected chi connectivity index (χ4v) is 7.76. The SMILES string of the molecule is C=CCO[C@H]1[C@@H](OCc2ccccc2)[C@H](OCc2ccccc2)[C@@H](CO[C@H]2O[C@H](COCc3ccccc3)[C@@H](OCc3ccccc3)[C@H](OCc3ccccc3)[C@@H]2OC(C)=O)O[C@@H]1O. The van der Waals surface area contributed by atoms with Crippen LogP contribution in [0.25, 0.3) is 0 Å². The van der Waals surface area contributed by atoms with E-state index in [4.69, 9.17) is 47.4 Å². The first-order valence-corrected chi connectivity index (χ1v) is 21.7. The first kappa shape index (κ1) is 46.9. The molecule has 5 aromatic rings. The van der Waals surface area contributed by atoms with Crippen molar-refractivity contribution in [2.45, 2.75) is 101 Å². The molecule has 2 aliphatic heterocycles. The van der Waals surface area contributed by atoms with E-state index in [1.165, 1.54) is 6.92 Å². The van der Waals surface area contributed by atoms with Crippen LogP contribution in [0, 0.1) is 0 Å². The average Bonchev–Trinajstić information content (AvgIpc) is 3.33. The molecule has 0 aliphatic carbocycles. The first-order valence-electron chi connectivity index (χ1n) is 21.7. The predicted molar refractivity (Wildman–Crippen MR) is 237 cm³/mol. The fourth-order valence-electron chi connectivity index (χ4n) is 7.76. The normalized spacial score (nSPS) is 25.7. The van der Waals surface area contributed by atoms with E-state index in [2.05, 4.69) is 6.58 Å². The lowest BCUT2D eigenvalue weighted by molar-refractivity contribution is -0.343. The van der Waals surface area contributed by atoms with Crippen molar-refractivity contribution in [1.29, 1.82) is 0 Å². The second-order valence-corrected chi connectivity index (χ2v) is 15.6. The third-order valence-electron chi connectivity index (χ3n) is 10.9. The topological polar surface area (TPSA) is 130 Å². The number of rotatable bonds is 23. The number of carbonyl (C=O) groups excluding carboxylic acids is 1. The Morgan fingerprint density at radius 3 is 1.31 bits per heavy atom.